The predicted octanol–water partition coefficient (Wildman–Crippen LogP) is 2.53. The Labute approximate surface area is 109 Å². The van der Waals surface area contributed by atoms with Gasteiger partial charge in [-0.2, -0.15) is 0 Å². The lowest BCUT2D eigenvalue weighted by Gasteiger charge is -2.14. The highest BCUT2D eigenvalue weighted by Crippen LogP contribution is 2.42. The number of carboxylic acid groups (broad SMARTS) is 1. The topological polar surface area (TPSA) is 92.5 Å². The Morgan fingerprint density at radius 1 is 1.56 bits per heavy atom. The third-order valence-corrected chi connectivity index (χ3v) is 3.38. The number of nitrogens with one attached hydrogen (secondary N) is 1. The summed E-state index contributed by atoms with van der Waals surface area (Å²) in [6.45, 7) is 0. The van der Waals surface area contributed by atoms with E-state index in [-0.39, 0.29) is 10.2 Å². The summed E-state index contributed by atoms with van der Waals surface area (Å²) in [5, 5.41) is 22.4. The van der Waals surface area contributed by atoms with Crippen LogP contribution in [0.25, 0.3) is 0 Å². The van der Waals surface area contributed by atoms with Gasteiger partial charge >= 0.3 is 5.97 Å². The average molecular weight is 319 g/mol. The molecule has 0 spiro atoms. The number of hydrogen-bond acceptors (Lipinski definition) is 4. The van der Waals surface area contributed by atoms with Gasteiger partial charge in [0, 0.05) is 0 Å². The second-order valence-corrected chi connectivity index (χ2v) is 4.91. The summed E-state index contributed by atoms with van der Waals surface area (Å²) in [7, 11) is 0. The Balaban J connectivity index is 2.41. The van der Waals surface area contributed by atoms with Crippen molar-refractivity contribution >= 4 is 33.3 Å². The van der Waals surface area contributed by atoms with E-state index < -0.39 is 27.9 Å². The van der Waals surface area contributed by atoms with E-state index in [4.69, 9.17) is 5.11 Å². The number of nitro benzene ring substituents is 1. The smallest absolute Gasteiger partial charge is 0.329 e. The van der Waals surface area contributed by atoms with Crippen molar-refractivity contribution in [3.8, 4) is 0 Å². The molecule has 0 amide bonds. The number of rotatable bonds is 4. The van der Waals surface area contributed by atoms with E-state index in [1.54, 1.807) is 0 Å². The van der Waals surface area contributed by atoms with Gasteiger partial charge in [0.15, 0.2) is 0 Å². The minimum absolute atomic E-state index is 0.00632. The molecule has 0 atom stereocenters. The molecule has 1 aliphatic rings. The molecular formula is C10H8BrFN2O4. The molecule has 0 aliphatic heterocycles. The summed E-state index contributed by atoms with van der Waals surface area (Å²) in [5.74, 6) is -1.84. The minimum atomic E-state index is -1.16. The van der Waals surface area contributed by atoms with Crippen molar-refractivity contribution in [1.82, 2.24) is 0 Å². The quantitative estimate of drug-likeness (QED) is 0.657. The number of anilines is 1. The highest BCUT2D eigenvalue weighted by Gasteiger charge is 2.51. The fourth-order valence-corrected chi connectivity index (χ4v) is 1.91. The SMILES string of the molecule is O=C(O)C1(Nc2cc(Br)c(F)cc2[N+](=O)[O-])CC1. The molecule has 1 aromatic carbocycles. The van der Waals surface area contributed by atoms with E-state index in [0.717, 1.165) is 6.07 Å². The number of hydrogen-bond donors (Lipinski definition) is 2. The van der Waals surface area contributed by atoms with Gasteiger partial charge in [-0.05, 0) is 34.8 Å². The first-order chi connectivity index (χ1) is 8.35. The molecular weight excluding hydrogens is 311 g/mol. The van der Waals surface area contributed by atoms with Gasteiger partial charge in [0.25, 0.3) is 5.69 Å². The summed E-state index contributed by atoms with van der Waals surface area (Å²) in [4.78, 5) is 21.0. The monoisotopic (exact) mass is 318 g/mol. The summed E-state index contributed by atoms with van der Waals surface area (Å²) >= 11 is 2.91. The van der Waals surface area contributed by atoms with Gasteiger partial charge in [-0.1, -0.05) is 0 Å². The summed E-state index contributed by atoms with van der Waals surface area (Å²) in [6.07, 6.45) is 0.767. The normalized spacial score (nSPS) is 16.1. The molecule has 1 fully saturated rings. The van der Waals surface area contributed by atoms with Crippen LogP contribution in [0.4, 0.5) is 15.8 Å². The van der Waals surface area contributed by atoms with Crippen LogP contribution in [-0.4, -0.2) is 21.5 Å². The fraction of sp³-hybridized carbons (Fsp3) is 0.300. The van der Waals surface area contributed by atoms with Gasteiger partial charge in [0.1, 0.15) is 17.0 Å². The second-order valence-electron chi connectivity index (χ2n) is 4.05. The van der Waals surface area contributed by atoms with Crippen LogP contribution in [0.2, 0.25) is 0 Å². The Bertz CT molecular complexity index is 545. The Hall–Kier alpha value is -1.70. The van der Waals surface area contributed by atoms with Gasteiger partial charge < -0.3 is 10.4 Å². The highest BCUT2D eigenvalue weighted by atomic mass is 79.9. The Morgan fingerprint density at radius 3 is 2.61 bits per heavy atom. The lowest BCUT2D eigenvalue weighted by molar-refractivity contribution is -0.384. The molecule has 2 rings (SSSR count). The first kappa shape index (κ1) is 12.7. The zero-order valence-corrected chi connectivity index (χ0v) is 10.5. The summed E-state index contributed by atoms with van der Waals surface area (Å²) in [6, 6.07) is 1.93. The van der Waals surface area contributed by atoms with Crippen molar-refractivity contribution in [3.63, 3.8) is 0 Å². The number of carboxylic acids is 1. The third-order valence-electron chi connectivity index (χ3n) is 2.77. The summed E-state index contributed by atoms with van der Waals surface area (Å²) in [5.41, 5.74) is -1.65. The average Bonchev–Trinajstić information content (AvgIpc) is 3.03. The van der Waals surface area contributed by atoms with Crippen LogP contribution in [0.1, 0.15) is 12.8 Å². The van der Waals surface area contributed by atoms with Crippen molar-refractivity contribution in [3.05, 3.63) is 32.5 Å². The molecule has 18 heavy (non-hydrogen) atoms. The maximum absolute atomic E-state index is 13.2. The molecule has 1 aromatic rings. The van der Waals surface area contributed by atoms with Gasteiger partial charge in [0.05, 0.1) is 15.5 Å². The maximum atomic E-state index is 13.2. The second kappa shape index (κ2) is 4.20. The van der Waals surface area contributed by atoms with Crippen LogP contribution < -0.4 is 5.32 Å². The molecule has 0 unspecified atom stereocenters. The lowest BCUT2D eigenvalue weighted by Crippen LogP contribution is -2.31. The number of benzene rings is 1. The fourth-order valence-electron chi connectivity index (χ4n) is 1.56. The van der Waals surface area contributed by atoms with Crippen LogP contribution >= 0.6 is 15.9 Å². The maximum Gasteiger partial charge on any atom is 0.329 e. The van der Waals surface area contributed by atoms with Crippen LogP contribution in [0.15, 0.2) is 16.6 Å². The number of carbonyl (C=O) groups is 1. The Kier molecular flexibility index (Phi) is 2.97. The molecule has 0 heterocycles. The van der Waals surface area contributed by atoms with E-state index in [0.29, 0.717) is 12.8 Å². The third kappa shape index (κ3) is 2.15. The van der Waals surface area contributed by atoms with Crippen LogP contribution in [0.3, 0.4) is 0 Å². The van der Waals surface area contributed by atoms with Crippen molar-refractivity contribution in [2.45, 2.75) is 18.4 Å². The largest absolute Gasteiger partial charge is 0.480 e. The minimum Gasteiger partial charge on any atom is -0.480 e. The van der Waals surface area contributed by atoms with Crippen molar-refractivity contribution in [2.24, 2.45) is 0 Å². The standard InChI is InChI=1S/C10H8BrFN2O4/c11-5-3-7(8(14(17)18)4-6(5)12)13-10(1-2-10)9(15)16/h3-4,13H,1-2H2,(H,15,16). The van der Waals surface area contributed by atoms with Gasteiger partial charge in [0.2, 0.25) is 0 Å². The van der Waals surface area contributed by atoms with E-state index in [9.17, 15) is 19.3 Å². The number of halogens is 2. The van der Waals surface area contributed by atoms with E-state index in [1.807, 2.05) is 0 Å². The van der Waals surface area contributed by atoms with Crippen molar-refractivity contribution in [2.75, 3.05) is 5.32 Å². The van der Waals surface area contributed by atoms with Gasteiger partial charge in [-0.15, -0.1) is 0 Å². The molecule has 2 N–H and O–H groups in total. The zero-order valence-electron chi connectivity index (χ0n) is 8.94. The molecule has 96 valence electrons. The molecule has 0 bridgehead atoms. The molecule has 1 saturated carbocycles. The van der Waals surface area contributed by atoms with Crippen molar-refractivity contribution in [1.29, 1.82) is 0 Å². The number of aliphatic carboxylic acids is 1. The van der Waals surface area contributed by atoms with Gasteiger partial charge in [-0.25, -0.2) is 9.18 Å². The van der Waals surface area contributed by atoms with E-state index >= 15 is 0 Å². The first-order valence-electron chi connectivity index (χ1n) is 5.01. The number of nitro groups is 1. The zero-order chi connectivity index (χ0) is 13.5. The molecule has 1 aliphatic carbocycles. The van der Waals surface area contributed by atoms with Crippen molar-refractivity contribution < 1.29 is 19.2 Å². The molecule has 6 nitrogen and oxygen atoms in total. The van der Waals surface area contributed by atoms with Crippen LogP contribution in [0.5, 0.6) is 0 Å². The highest BCUT2D eigenvalue weighted by molar-refractivity contribution is 9.10. The van der Waals surface area contributed by atoms with E-state index in [2.05, 4.69) is 21.2 Å². The van der Waals surface area contributed by atoms with E-state index in [1.165, 1.54) is 6.07 Å². The van der Waals surface area contributed by atoms with Crippen LogP contribution in [-0.2, 0) is 4.79 Å². The number of nitrogens with zero attached hydrogens (tertiary/aromatic N) is 1. The molecule has 8 heteroatoms. The molecule has 0 saturated heterocycles. The predicted molar refractivity (Wildman–Crippen MR) is 64.0 cm³/mol. The van der Waals surface area contributed by atoms with Gasteiger partial charge in [-0.3, -0.25) is 10.1 Å². The van der Waals surface area contributed by atoms with Crippen LogP contribution in [0, 0.1) is 15.9 Å². The Morgan fingerprint density at radius 2 is 2.17 bits per heavy atom. The lowest BCUT2D eigenvalue weighted by atomic mass is 10.2. The first-order valence-corrected chi connectivity index (χ1v) is 5.80. The molecule has 0 radical (unpaired) electrons. The molecule has 0 aromatic heterocycles. The summed E-state index contributed by atoms with van der Waals surface area (Å²) < 4.78 is 13.3.